The smallest absolute Gasteiger partial charge is 0.324 e. The van der Waals surface area contributed by atoms with E-state index in [0.717, 1.165) is 12.1 Å². The maximum Gasteiger partial charge on any atom is 0.416 e. The van der Waals surface area contributed by atoms with Gasteiger partial charge in [-0.05, 0) is 30.5 Å². The summed E-state index contributed by atoms with van der Waals surface area (Å²) in [5, 5.41) is 0. The molecule has 0 radical (unpaired) electrons. The van der Waals surface area contributed by atoms with Crippen molar-refractivity contribution in [3.8, 4) is 0 Å². The van der Waals surface area contributed by atoms with Crippen LogP contribution in [0.15, 0.2) is 24.3 Å². The number of benzene rings is 1. The molecule has 0 amide bonds. The van der Waals surface area contributed by atoms with Gasteiger partial charge in [-0.15, -0.1) is 0 Å². The van der Waals surface area contributed by atoms with E-state index in [1.54, 1.807) is 6.92 Å². The number of alkyl halides is 3. The Balaban J connectivity index is 2.67. The molecule has 0 heterocycles. The molecule has 3 nitrogen and oxygen atoms in total. The molecule has 0 saturated carbocycles. The van der Waals surface area contributed by atoms with Crippen molar-refractivity contribution in [1.82, 2.24) is 0 Å². The molecular weight excluding hydrogens is 291 g/mol. The molecule has 0 fully saturated rings. The zero-order valence-corrected chi connectivity index (χ0v) is 12.0. The van der Waals surface area contributed by atoms with Crippen LogP contribution >= 0.6 is 0 Å². The number of halogens is 3. The molecular formula is C13H18F3NO2S. The van der Waals surface area contributed by atoms with Gasteiger partial charge in [0, 0.05) is 11.8 Å². The molecule has 1 rings (SSSR count). The highest BCUT2D eigenvalue weighted by Crippen LogP contribution is 2.31. The normalized spacial score (nSPS) is 14.2. The lowest BCUT2D eigenvalue weighted by atomic mass is 10.0. The molecule has 0 aromatic heterocycles. The third-order valence-electron chi connectivity index (χ3n) is 3.05. The van der Waals surface area contributed by atoms with Crippen LogP contribution in [0.1, 0.15) is 36.9 Å². The summed E-state index contributed by atoms with van der Waals surface area (Å²) >= 11 is 0. The second kappa shape index (κ2) is 6.58. The van der Waals surface area contributed by atoms with Crippen LogP contribution in [0.4, 0.5) is 13.2 Å². The van der Waals surface area contributed by atoms with Crippen molar-refractivity contribution in [1.29, 1.82) is 0 Å². The van der Waals surface area contributed by atoms with Gasteiger partial charge in [0.1, 0.15) is 9.84 Å². The van der Waals surface area contributed by atoms with Gasteiger partial charge in [0.2, 0.25) is 0 Å². The molecule has 20 heavy (non-hydrogen) atoms. The molecule has 0 spiro atoms. The summed E-state index contributed by atoms with van der Waals surface area (Å²) in [6.07, 6.45) is -3.73. The van der Waals surface area contributed by atoms with E-state index in [-0.39, 0.29) is 11.5 Å². The van der Waals surface area contributed by atoms with Crippen LogP contribution in [0, 0.1) is 0 Å². The fourth-order valence-corrected chi connectivity index (χ4v) is 2.67. The van der Waals surface area contributed by atoms with E-state index in [0.29, 0.717) is 18.4 Å². The number of hydrogen-bond donors (Lipinski definition) is 1. The quantitative estimate of drug-likeness (QED) is 0.879. The van der Waals surface area contributed by atoms with E-state index in [1.807, 2.05) is 0 Å². The van der Waals surface area contributed by atoms with Crippen molar-refractivity contribution in [2.24, 2.45) is 5.73 Å². The first-order valence-corrected chi connectivity index (χ1v) is 8.11. The van der Waals surface area contributed by atoms with Crippen LogP contribution < -0.4 is 5.73 Å². The summed E-state index contributed by atoms with van der Waals surface area (Å²) in [6, 6.07) is 4.23. The first-order chi connectivity index (χ1) is 9.15. The SMILES string of the molecule is CCS(=O)(=O)CCCC(N)c1cccc(C(F)(F)F)c1. The van der Waals surface area contributed by atoms with Gasteiger partial charge in [-0.25, -0.2) is 8.42 Å². The lowest BCUT2D eigenvalue weighted by molar-refractivity contribution is -0.137. The molecule has 7 heteroatoms. The molecule has 0 aliphatic rings. The van der Waals surface area contributed by atoms with Gasteiger partial charge in [-0.2, -0.15) is 13.2 Å². The number of nitrogens with two attached hydrogens (primary N) is 1. The molecule has 0 bridgehead atoms. The first kappa shape index (κ1) is 17.0. The van der Waals surface area contributed by atoms with Crippen LogP contribution in [0.25, 0.3) is 0 Å². The van der Waals surface area contributed by atoms with E-state index in [2.05, 4.69) is 0 Å². The summed E-state index contributed by atoms with van der Waals surface area (Å²) in [5.74, 6) is 0.0714. The Labute approximate surface area is 116 Å². The monoisotopic (exact) mass is 309 g/mol. The number of rotatable bonds is 6. The van der Waals surface area contributed by atoms with Gasteiger partial charge in [0.05, 0.1) is 11.3 Å². The lowest BCUT2D eigenvalue weighted by Crippen LogP contribution is -2.15. The molecule has 0 aliphatic carbocycles. The van der Waals surface area contributed by atoms with Gasteiger partial charge in [0.15, 0.2) is 0 Å². The average Bonchev–Trinajstić information content (AvgIpc) is 2.37. The highest BCUT2D eigenvalue weighted by molar-refractivity contribution is 7.91. The number of hydrogen-bond acceptors (Lipinski definition) is 3. The van der Waals surface area contributed by atoms with E-state index >= 15 is 0 Å². The molecule has 2 N–H and O–H groups in total. The summed E-state index contributed by atoms with van der Waals surface area (Å²) in [5.41, 5.74) is 5.44. The Morgan fingerprint density at radius 1 is 1.30 bits per heavy atom. The lowest BCUT2D eigenvalue weighted by Gasteiger charge is -2.14. The Hall–Kier alpha value is -1.08. The topological polar surface area (TPSA) is 60.2 Å². The summed E-state index contributed by atoms with van der Waals surface area (Å²) in [6.45, 7) is 1.56. The van der Waals surface area contributed by atoms with Crippen molar-refractivity contribution < 1.29 is 21.6 Å². The highest BCUT2D eigenvalue weighted by Gasteiger charge is 2.30. The Morgan fingerprint density at radius 3 is 2.50 bits per heavy atom. The Bertz CT molecular complexity index is 541. The van der Waals surface area contributed by atoms with Crippen LogP contribution in [0.5, 0.6) is 0 Å². The largest absolute Gasteiger partial charge is 0.416 e. The third-order valence-corrected chi connectivity index (χ3v) is 4.84. The van der Waals surface area contributed by atoms with Gasteiger partial charge >= 0.3 is 6.18 Å². The van der Waals surface area contributed by atoms with Crippen molar-refractivity contribution in [2.45, 2.75) is 32.0 Å². The minimum Gasteiger partial charge on any atom is -0.324 e. The molecule has 0 saturated heterocycles. The Morgan fingerprint density at radius 2 is 1.95 bits per heavy atom. The van der Waals surface area contributed by atoms with Crippen molar-refractivity contribution in [3.05, 3.63) is 35.4 Å². The van der Waals surface area contributed by atoms with E-state index in [9.17, 15) is 21.6 Å². The third kappa shape index (κ3) is 5.13. The van der Waals surface area contributed by atoms with Crippen LogP contribution in [0.2, 0.25) is 0 Å². The second-order valence-electron chi connectivity index (χ2n) is 4.61. The molecule has 1 unspecified atom stereocenters. The standard InChI is InChI=1S/C13H18F3NO2S/c1-2-20(18,19)8-4-7-12(17)10-5-3-6-11(9-10)13(14,15)16/h3,5-6,9,12H,2,4,7-8,17H2,1H3. The highest BCUT2D eigenvalue weighted by atomic mass is 32.2. The average molecular weight is 309 g/mol. The summed E-state index contributed by atoms with van der Waals surface area (Å²) < 4.78 is 60.3. The van der Waals surface area contributed by atoms with Gasteiger partial charge in [0.25, 0.3) is 0 Å². The van der Waals surface area contributed by atoms with Crippen molar-refractivity contribution >= 4 is 9.84 Å². The predicted octanol–water partition coefficient (Wildman–Crippen LogP) is 2.92. The van der Waals surface area contributed by atoms with Gasteiger partial charge in [-0.1, -0.05) is 19.1 Å². The number of sulfone groups is 1. The molecule has 1 aromatic rings. The zero-order chi connectivity index (χ0) is 15.4. The Kier molecular flexibility index (Phi) is 5.59. The van der Waals surface area contributed by atoms with Crippen LogP contribution in [-0.2, 0) is 16.0 Å². The second-order valence-corrected chi connectivity index (χ2v) is 7.08. The van der Waals surface area contributed by atoms with Crippen LogP contribution in [0.3, 0.4) is 0 Å². The van der Waals surface area contributed by atoms with Crippen molar-refractivity contribution in [3.63, 3.8) is 0 Å². The minimum absolute atomic E-state index is 0.0101. The van der Waals surface area contributed by atoms with Gasteiger partial charge < -0.3 is 5.73 Å². The van der Waals surface area contributed by atoms with E-state index in [1.165, 1.54) is 12.1 Å². The summed E-state index contributed by atoms with van der Waals surface area (Å²) in [7, 11) is -3.06. The minimum atomic E-state index is -4.40. The fraction of sp³-hybridized carbons (Fsp3) is 0.538. The van der Waals surface area contributed by atoms with Crippen LogP contribution in [-0.4, -0.2) is 19.9 Å². The van der Waals surface area contributed by atoms with Gasteiger partial charge in [-0.3, -0.25) is 0 Å². The van der Waals surface area contributed by atoms with E-state index in [4.69, 9.17) is 5.73 Å². The van der Waals surface area contributed by atoms with E-state index < -0.39 is 27.6 Å². The molecule has 1 aromatic carbocycles. The fourth-order valence-electron chi connectivity index (χ4n) is 1.78. The van der Waals surface area contributed by atoms with Crippen molar-refractivity contribution in [2.75, 3.05) is 11.5 Å². The zero-order valence-electron chi connectivity index (χ0n) is 11.2. The predicted molar refractivity (Wildman–Crippen MR) is 71.9 cm³/mol. The molecule has 0 aliphatic heterocycles. The maximum absolute atomic E-state index is 12.6. The molecule has 1 atom stereocenters. The molecule has 114 valence electrons. The summed E-state index contributed by atoms with van der Waals surface area (Å²) in [4.78, 5) is 0. The first-order valence-electron chi connectivity index (χ1n) is 6.29. The maximum atomic E-state index is 12.6.